The standard InChI is InChI=1S/C12H21F6O2P/c1-9(11(13,14)15)5-3-7-21(19,20)8-4-6-10(2)12(16,17)18/h9-10H,3-8H2,1-2H3,(H,19,20). The zero-order valence-electron chi connectivity index (χ0n) is 12.0. The second kappa shape index (κ2) is 7.86. The van der Waals surface area contributed by atoms with E-state index in [9.17, 15) is 35.8 Å². The highest BCUT2D eigenvalue weighted by Crippen LogP contribution is 2.44. The quantitative estimate of drug-likeness (QED) is 0.485. The molecule has 0 saturated heterocycles. The minimum atomic E-state index is -4.33. The fraction of sp³-hybridized carbons (Fsp3) is 1.00. The molecule has 0 aromatic rings. The number of halogens is 6. The summed E-state index contributed by atoms with van der Waals surface area (Å²) < 4.78 is 85.1. The van der Waals surface area contributed by atoms with Crippen LogP contribution in [0.5, 0.6) is 0 Å². The van der Waals surface area contributed by atoms with Gasteiger partial charge in [0.2, 0.25) is 7.37 Å². The monoisotopic (exact) mass is 342 g/mol. The van der Waals surface area contributed by atoms with E-state index >= 15 is 0 Å². The summed E-state index contributed by atoms with van der Waals surface area (Å²) in [6, 6.07) is 0. The molecule has 0 aliphatic heterocycles. The number of hydrogen-bond donors (Lipinski definition) is 1. The van der Waals surface area contributed by atoms with E-state index in [0.717, 1.165) is 13.8 Å². The zero-order valence-corrected chi connectivity index (χ0v) is 12.9. The van der Waals surface area contributed by atoms with Crippen molar-refractivity contribution in [3.05, 3.63) is 0 Å². The Bertz CT molecular complexity index is 323. The molecule has 1 N–H and O–H groups in total. The summed E-state index contributed by atoms with van der Waals surface area (Å²) in [5.41, 5.74) is 0. The van der Waals surface area contributed by atoms with Gasteiger partial charge in [-0.05, 0) is 25.7 Å². The number of rotatable bonds is 8. The minimum Gasteiger partial charge on any atom is -0.344 e. The third-order valence-corrected chi connectivity index (χ3v) is 5.44. The van der Waals surface area contributed by atoms with Gasteiger partial charge in [-0.1, -0.05) is 13.8 Å². The van der Waals surface area contributed by atoms with Crippen LogP contribution in [0, 0.1) is 11.8 Å². The van der Waals surface area contributed by atoms with E-state index in [1.807, 2.05) is 0 Å². The van der Waals surface area contributed by atoms with Crippen molar-refractivity contribution < 1.29 is 35.8 Å². The first-order chi connectivity index (χ1) is 9.26. The summed E-state index contributed by atoms with van der Waals surface area (Å²) in [5.74, 6) is -3.11. The third kappa shape index (κ3) is 9.40. The van der Waals surface area contributed by atoms with E-state index in [1.165, 1.54) is 0 Å². The summed E-state index contributed by atoms with van der Waals surface area (Å²) in [7, 11) is -3.64. The molecule has 0 bridgehead atoms. The maximum absolute atomic E-state index is 12.2. The summed E-state index contributed by atoms with van der Waals surface area (Å²) in [6.07, 6.45) is -9.88. The van der Waals surface area contributed by atoms with E-state index in [1.54, 1.807) is 0 Å². The predicted molar refractivity (Wildman–Crippen MR) is 68.5 cm³/mol. The molecular weight excluding hydrogens is 321 g/mol. The number of hydrogen-bond acceptors (Lipinski definition) is 1. The average molecular weight is 342 g/mol. The Labute approximate surface area is 120 Å². The molecule has 0 aliphatic rings. The van der Waals surface area contributed by atoms with Crippen LogP contribution in [0.1, 0.15) is 39.5 Å². The fourth-order valence-corrected chi connectivity index (χ4v) is 3.31. The molecule has 0 aromatic carbocycles. The molecule has 9 heteroatoms. The van der Waals surface area contributed by atoms with Crippen LogP contribution in [-0.4, -0.2) is 29.6 Å². The Balaban J connectivity index is 4.03. The molecule has 0 aromatic heterocycles. The molecule has 0 heterocycles. The van der Waals surface area contributed by atoms with Crippen LogP contribution in [0.15, 0.2) is 0 Å². The van der Waals surface area contributed by atoms with E-state index in [-0.39, 0.29) is 38.0 Å². The summed E-state index contributed by atoms with van der Waals surface area (Å²) in [4.78, 5) is 9.54. The molecular formula is C12H21F6O2P. The molecule has 0 spiro atoms. The van der Waals surface area contributed by atoms with Gasteiger partial charge in [0.15, 0.2) is 0 Å². The Hall–Kier alpha value is -0.230. The highest BCUT2D eigenvalue weighted by molar-refractivity contribution is 7.57. The van der Waals surface area contributed by atoms with Crippen LogP contribution in [-0.2, 0) is 4.57 Å². The molecule has 0 aliphatic carbocycles. The lowest BCUT2D eigenvalue weighted by molar-refractivity contribution is -0.171. The zero-order chi connectivity index (χ0) is 16.9. The lowest BCUT2D eigenvalue weighted by Gasteiger charge is -2.18. The van der Waals surface area contributed by atoms with Gasteiger partial charge < -0.3 is 4.89 Å². The molecule has 2 nitrogen and oxygen atoms in total. The summed E-state index contributed by atoms with van der Waals surface area (Å²) in [5, 5.41) is 0. The molecule has 0 saturated carbocycles. The van der Waals surface area contributed by atoms with Gasteiger partial charge in [-0.15, -0.1) is 0 Å². The Kier molecular flexibility index (Phi) is 7.77. The molecule has 0 fully saturated rings. The van der Waals surface area contributed by atoms with Gasteiger partial charge in [0.05, 0.1) is 11.8 Å². The van der Waals surface area contributed by atoms with E-state index < -0.39 is 31.6 Å². The van der Waals surface area contributed by atoms with Crippen molar-refractivity contribution in [2.24, 2.45) is 11.8 Å². The maximum Gasteiger partial charge on any atom is 0.391 e. The first-order valence-electron chi connectivity index (χ1n) is 6.70. The lowest BCUT2D eigenvalue weighted by atomic mass is 10.1. The van der Waals surface area contributed by atoms with Gasteiger partial charge in [0.25, 0.3) is 0 Å². The van der Waals surface area contributed by atoms with Gasteiger partial charge in [-0.2, -0.15) is 26.3 Å². The Morgan fingerprint density at radius 1 is 0.857 bits per heavy atom. The maximum atomic E-state index is 12.2. The van der Waals surface area contributed by atoms with E-state index in [0.29, 0.717) is 0 Å². The third-order valence-electron chi connectivity index (χ3n) is 3.41. The van der Waals surface area contributed by atoms with Crippen molar-refractivity contribution >= 4 is 7.37 Å². The van der Waals surface area contributed by atoms with E-state index in [4.69, 9.17) is 0 Å². The van der Waals surface area contributed by atoms with Gasteiger partial charge in [0.1, 0.15) is 0 Å². The molecule has 2 atom stereocenters. The average Bonchev–Trinajstić information content (AvgIpc) is 2.25. The Morgan fingerprint density at radius 2 is 1.14 bits per heavy atom. The van der Waals surface area contributed by atoms with Crippen LogP contribution in [0.3, 0.4) is 0 Å². The van der Waals surface area contributed by atoms with E-state index in [2.05, 4.69) is 0 Å². The van der Waals surface area contributed by atoms with Crippen LogP contribution in [0.25, 0.3) is 0 Å². The van der Waals surface area contributed by atoms with Gasteiger partial charge in [-0.3, -0.25) is 4.57 Å². The smallest absolute Gasteiger partial charge is 0.344 e. The Morgan fingerprint density at radius 3 is 1.38 bits per heavy atom. The summed E-state index contributed by atoms with van der Waals surface area (Å²) in [6.45, 7) is 1.99. The van der Waals surface area contributed by atoms with Crippen molar-refractivity contribution in [2.75, 3.05) is 12.3 Å². The molecule has 2 unspecified atom stereocenters. The number of alkyl halides is 6. The van der Waals surface area contributed by atoms with Crippen molar-refractivity contribution in [2.45, 2.75) is 51.9 Å². The highest BCUT2D eigenvalue weighted by Gasteiger charge is 2.36. The first-order valence-corrected chi connectivity index (χ1v) is 8.73. The first kappa shape index (κ1) is 20.8. The lowest BCUT2D eigenvalue weighted by Crippen LogP contribution is -2.20. The normalized spacial score (nSPS) is 19.1. The highest BCUT2D eigenvalue weighted by atomic mass is 31.2. The van der Waals surface area contributed by atoms with Gasteiger partial charge in [-0.25, -0.2) is 0 Å². The van der Waals surface area contributed by atoms with Crippen LogP contribution < -0.4 is 0 Å². The summed E-state index contributed by atoms with van der Waals surface area (Å²) >= 11 is 0. The second-order valence-corrected chi connectivity index (χ2v) is 8.05. The van der Waals surface area contributed by atoms with Gasteiger partial charge in [0, 0.05) is 12.3 Å². The fourth-order valence-electron chi connectivity index (χ4n) is 1.73. The van der Waals surface area contributed by atoms with Crippen LogP contribution >= 0.6 is 7.37 Å². The van der Waals surface area contributed by atoms with Crippen LogP contribution in [0.2, 0.25) is 0 Å². The topological polar surface area (TPSA) is 37.3 Å². The van der Waals surface area contributed by atoms with Crippen molar-refractivity contribution in [3.63, 3.8) is 0 Å². The van der Waals surface area contributed by atoms with Crippen LogP contribution in [0.4, 0.5) is 26.3 Å². The largest absolute Gasteiger partial charge is 0.391 e. The SMILES string of the molecule is CC(CCCP(=O)(O)CCCC(C)C(F)(F)F)C(F)(F)F. The van der Waals surface area contributed by atoms with Crippen molar-refractivity contribution in [1.82, 2.24) is 0 Å². The molecule has 128 valence electrons. The van der Waals surface area contributed by atoms with Gasteiger partial charge >= 0.3 is 12.4 Å². The van der Waals surface area contributed by atoms with Crippen molar-refractivity contribution in [1.29, 1.82) is 0 Å². The van der Waals surface area contributed by atoms with Crippen molar-refractivity contribution in [3.8, 4) is 0 Å². The molecule has 0 rings (SSSR count). The second-order valence-electron chi connectivity index (χ2n) is 5.46. The predicted octanol–water partition coefficient (Wildman–Crippen LogP) is 5.21. The molecule has 0 amide bonds. The minimum absolute atomic E-state index is 0.0662. The molecule has 21 heavy (non-hydrogen) atoms. The molecule has 0 radical (unpaired) electrons.